The fourth-order valence-electron chi connectivity index (χ4n) is 5.65. The Hall–Kier alpha value is -4.89. The van der Waals surface area contributed by atoms with Crippen molar-refractivity contribution < 1.29 is 9.18 Å². The number of aromatic amines is 2. The summed E-state index contributed by atoms with van der Waals surface area (Å²) >= 11 is 0. The summed E-state index contributed by atoms with van der Waals surface area (Å²) in [5.41, 5.74) is 7.30. The number of amides is 1. The zero-order valence-corrected chi connectivity index (χ0v) is 22.2. The number of pyridine rings is 2. The first-order chi connectivity index (χ1) is 20.1. The van der Waals surface area contributed by atoms with Crippen molar-refractivity contribution in [2.24, 2.45) is 5.92 Å². The van der Waals surface area contributed by atoms with Crippen LogP contribution in [0.3, 0.4) is 0 Å². The summed E-state index contributed by atoms with van der Waals surface area (Å²) in [6, 6.07) is 20.3. The number of benzene rings is 2. The van der Waals surface area contributed by atoms with Crippen molar-refractivity contribution in [2.75, 3.05) is 18.4 Å². The van der Waals surface area contributed by atoms with Crippen molar-refractivity contribution in [3.8, 4) is 33.8 Å². The molecule has 0 saturated carbocycles. The van der Waals surface area contributed by atoms with Crippen molar-refractivity contribution in [3.63, 3.8) is 0 Å². The van der Waals surface area contributed by atoms with E-state index in [9.17, 15) is 9.18 Å². The van der Waals surface area contributed by atoms with E-state index in [1.54, 1.807) is 24.5 Å². The standard InChI is InChI=1S/C32H28FN7O/c33-25-6-2-1-4-23(25)22-5-3-7-27-24(22)16-29(37-27)32-31-28(39-40-32)9-8-26(38-31)20-15-21(18-35-17-20)36-30(41)14-19-10-12-34-13-11-19/h1-9,15-19,34,37H,10-14H2,(H,36,41)(H,39,40). The van der Waals surface area contributed by atoms with Gasteiger partial charge in [-0.15, -0.1) is 0 Å². The maximum absolute atomic E-state index is 14.6. The number of nitrogens with one attached hydrogen (secondary N) is 4. The average molecular weight is 546 g/mol. The highest BCUT2D eigenvalue weighted by atomic mass is 19.1. The van der Waals surface area contributed by atoms with Crippen LogP contribution in [0.5, 0.6) is 0 Å². The second kappa shape index (κ2) is 10.6. The van der Waals surface area contributed by atoms with Crippen LogP contribution < -0.4 is 10.6 Å². The normalized spacial score (nSPS) is 14.1. The summed E-state index contributed by atoms with van der Waals surface area (Å²) < 4.78 is 14.6. The minimum Gasteiger partial charge on any atom is -0.353 e. The number of anilines is 1. The van der Waals surface area contributed by atoms with E-state index in [0.29, 0.717) is 40.5 Å². The van der Waals surface area contributed by atoms with E-state index in [0.717, 1.165) is 59.2 Å². The fourth-order valence-corrected chi connectivity index (χ4v) is 5.65. The van der Waals surface area contributed by atoms with E-state index in [1.165, 1.54) is 6.07 Å². The molecule has 0 spiro atoms. The van der Waals surface area contributed by atoms with Crippen LogP contribution in [-0.4, -0.2) is 44.1 Å². The summed E-state index contributed by atoms with van der Waals surface area (Å²) in [6.45, 7) is 1.93. The van der Waals surface area contributed by atoms with E-state index >= 15 is 0 Å². The Morgan fingerprint density at radius 1 is 0.951 bits per heavy atom. The van der Waals surface area contributed by atoms with Crippen LogP contribution in [0.4, 0.5) is 10.1 Å². The van der Waals surface area contributed by atoms with E-state index in [4.69, 9.17) is 4.98 Å². The van der Waals surface area contributed by atoms with E-state index in [-0.39, 0.29) is 11.7 Å². The second-order valence-corrected chi connectivity index (χ2v) is 10.5. The Balaban J connectivity index is 1.20. The third-order valence-electron chi connectivity index (χ3n) is 7.74. The van der Waals surface area contributed by atoms with Gasteiger partial charge in [0.2, 0.25) is 5.91 Å². The topological polar surface area (TPSA) is 111 Å². The number of H-pyrrole nitrogens is 2. The number of carbonyl (C=O) groups is 1. The molecule has 1 fully saturated rings. The van der Waals surface area contributed by atoms with E-state index in [2.05, 4.69) is 30.8 Å². The number of nitrogens with zero attached hydrogens (tertiary/aromatic N) is 3. The lowest BCUT2D eigenvalue weighted by molar-refractivity contribution is -0.117. The minimum atomic E-state index is -0.266. The molecule has 1 saturated heterocycles. The third kappa shape index (κ3) is 4.96. The predicted molar refractivity (Wildman–Crippen MR) is 159 cm³/mol. The van der Waals surface area contributed by atoms with Crippen LogP contribution in [0.1, 0.15) is 19.3 Å². The monoisotopic (exact) mass is 545 g/mol. The molecular weight excluding hydrogens is 517 g/mol. The lowest BCUT2D eigenvalue weighted by Gasteiger charge is -2.21. The number of carbonyl (C=O) groups excluding carboxylic acids is 1. The molecule has 4 aromatic heterocycles. The molecule has 204 valence electrons. The van der Waals surface area contributed by atoms with Crippen molar-refractivity contribution in [2.45, 2.75) is 19.3 Å². The summed E-state index contributed by atoms with van der Waals surface area (Å²) in [4.78, 5) is 25.4. The van der Waals surface area contributed by atoms with Gasteiger partial charge in [0.15, 0.2) is 0 Å². The van der Waals surface area contributed by atoms with Gasteiger partial charge in [0.1, 0.15) is 17.0 Å². The lowest BCUT2D eigenvalue weighted by atomic mass is 9.94. The number of fused-ring (bicyclic) bond motifs is 2. The van der Waals surface area contributed by atoms with Gasteiger partial charge in [0.25, 0.3) is 0 Å². The molecule has 0 bridgehead atoms. The van der Waals surface area contributed by atoms with Crippen LogP contribution in [0.2, 0.25) is 0 Å². The zero-order chi connectivity index (χ0) is 27.8. The van der Waals surface area contributed by atoms with E-state index < -0.39 is 0 Å². The van der Waals surface area contributed by atoms with Gasteiger partial charge in [-0.2, -0.15) is 5.10 Å². The number of piperidine rings is 1. The summed E-state index contributed by atoms with van der Waals surface area (Å²) in [7, 11) is 0. The minimum absolute atomic E-state index is 0.00458. The zero-order valence-electron chi connectivity index (χ0n) is 22.2. The molecule has 0 aliphatic carbocycles. The Morgan fingerprint density at radius 3 is 2.68 bits per heavy atom. The van der Waals surface area contributed by atoms with Crippen molar-refractivity contribution >= 4 is 33.5 Å². The van der Waals surface area contributed by atoms with Gasteiger partial charge >= 0.3 is 0 Å². The SMILES string of the molecule is O=C(CC1CCNCC1)Nc1cncc(-c2ccc3[nH]nc(-c4cc5c(-c6ccccc6F)cccc5[nH]4)c3n2)c1. The molecular formula is C32H28FN7O. The third-order valence-corrected chi connectivity index (χ3v) is 7.74. The maximum atomic E-state index is 14.6. The Labute approximate surface area is 235 Å². The molecule has 8 nitrogen and oxygen atoms in total. The highest BCUT2D eigenvalue weighted by Crippen LogP contribution is 2.35. The van der Waals surface area contributed by atoms with Crippen molar-refractivity contribution in [3.05, 3.63) is 84.9 Å². The van der Waals surface area contributed by atoms with Gasteiger partial charge in [-0.3, -0.25) is 14.9 Å². The molecule has 1 aliphatic heterocycles. The molecule has 5 heterocycles. The molecule has 0 unspecified atom stereocenters. The first kappa shape index (κ1) is 25.1. The number of halogens is 1. The Morgan fingerprint density at radius 2 is 1.80 bits per heavy atom. The van der Waals surface area contributed by atoms with Gasteiger partial charge in [-0.05, 0) is 73.8 Å². The summed E-state index contributed by atoms with van der Waals surface area (Å²) in [5, 5.41) is 14.9. The number of aromatic nitrogens is 5. The largest absolute Gasteiger partial charge is 0.353 e. The maximum Gasteiger partial charge on any atom is 0.224 e. The summed E-state index contributed by atoms with van der Waals surface area (Å²) in [6.07, 6.45) is 5.94. The van der Waals surface area contributed by atoms with Crippen LogP contribution >= 0.6 is 0 Å². The number of hydrogen-bond donors (Lipinski definition) is 4. The number of hydrogen-bond acceptors (Lipinski definition) is 5. The Bertz CT molecular complexity index is 1890. The first-order valence-corrected chi connectivity index (χ1v) is 13.8. The first-order valence-electron chi connectivity index (χ1n) is 13.8. The Kier molecular flexibility index (Phi) is 6.48. The van der Waals surface area contributed by atoms with E-state index in [1.807, 2.05) is 48.5 Å². The highest BCUT2D eigenvalue weighted by Gasteiger charge is 2.18. The molecule has 4 N–H and O–H groups in total. The van der Waals surface area contributed by atoms with Crippen LogP contribution in [0, 0.1) is 11.7 Å². The van der Waals surface area contributed by atoms with Crippen LogP contribution in [-0.2, 0) is 4.79 Å². The summed E-state index contributed by atoms with van der Waals surface area (Å²) in [5.74, 6) is 0.144. The van der Waals surface area contributed by atoms with Gasteiger partial charge in [-0.1, -0.05) is 30.3 Å². The fraction of sp³-hybridized carbons (Fsp3) is 0.188. The smallest absolute Gasteiger partial charge is 0.224 e. The van der Waals surface area contributed by atoms with Gasteiger partial charge < -0.3 is 15.6 Å². The molecule has 7 rings (SSSR count). The molecule has 0 radical (unpaired) electrons. The quantitative estimate of drug-likeness (QED) is 0.196. The molecule has 2 aromatic carbocycles. The highest BCUT2D eigenvalue weighted by molar-refractivity contribution is 6.00. The molecule has 41 heavy (non-hydrogen) atoms. The van der Waals surface area contributed by atoms with Crippen LogP contribution in [0.15, 0.2) is 79.1 Å². The molecule has 9 heteroatoms. The van der Waals surface area contributed by atoms with Gasteiger partial charge in [-0.25, -0.2) is 9.37 Å². The van der Waals surface area contributed by atoms with Gasteiger partial charge in [0, 0.05) is 34.6 Å². The average Bonchev–Trinajstić information content (AvgIpc) is 3.62. The number of rotatable bonds is 6. The van der Waals surface area contributed by atoms with Crippen LogP contribution in [0.25, 0.3) is 55.7 Å². The molecule has 6 aromatic rings. The lowest BCUT2D eigenvalue weighted by Crippen LogP contribution is -2.30. The van der Waals surface area contributed by atoms with Crippen molar-refractivity contribution in [1.29, 1.82) is 0 Å². The molecule has 0 atom stereocenters. The van der Waals surface area contributed by atoms with Gasteiger partial charge in [0.05, 0.1) is 28.8 Å². The molecule has 1 aliphatic rings. The predicted octanol–water partition coefficient (Wildman–Crippen LogP) is 6.30. The molecule has 1 amide bonds. The van der Waals surface area contributed by atoms with Crippen molar-refractivity contribution in [1.82, 2.24) is 30.5 Å². The second-order valence-electron chi connectivity index (χ2n) is 10.5.